The van der Waals surface area contributed by atoms with Gasteiger partial charge in [0.15, 0.2) is 0 Å². The zero-order chi connectivity index (χ0) is 38.9. The van der Waals surface area contributed by atoms with Gasteiger partial charge >= 0.3 is 23.9 Å². The molecule has 5 N–H and O–H groups in total. The molecule has 3 rings (SSSR count). The number of aliphatic carboxylic acids is 4. The molecule has 1 amide bonds. The fraction of sp³-hybridized carbons (Fsp3) is 0.514. The van der Waals surface area contributed by atoms with E-state index in [1.807, 2.05) is 55.4 Å². The third kappa shape index (κ3) is 18.5. The Balaban J connectivity index is 0.0000101. The van der Waals surface area contributed by atoms with Gasteiger partial charge < -0.3 is 30.6 Å². The molecule has 1 heterocycles. The van der Waals surface area contributed by atoms with Crippen LogP contribution in [0.5, 0.6) is 0 Å². The first-order chi connectivity index (χ1) is 25.2. The Labute approximate surface area is 351 Å². The van der Waals surface area contributed by atoms with E-state index in [1.54, 1.807) is 31.7 Å². The first kappa shape index (κ1) is 47.1. The summed E-state index contributed by atoms with van der Waals surface area (Å²) in [5, 5.41) is 41.4. The van der Waals surface area contributed by atoms with E-state index in [-0.39, 0.29) is 115 Å². The topological polar surface area (TPSA) is 194 Å². The molecule has 0 saturated carbocycles. The monoisotopic (exact) mass is 931 g/mol. The number of carboxylic acids is 4. The predicted molar refractivity (Wildman–Crippen MR) is 203 cm³/mol. The average Bonchev–Trinajstić information content (AvgIpc) is 3.06. The molecule has 54 heavy (non-hydrogen) atoms. The third-order valence-electron chi connectivity index (χ3n) is 8.93. The Kier molecular flexibility index (Phi) is 21.3. The Bertz CT molecular complexity index is 1550. The second-order valence-corrected chi connectivity index (χ2v) is 14.2. The van der Waals surface area contributed by atoms with Crippen LogP contribution in [0.15, 0.2) is 48.5 Å². The van der Waals surface area contributed by atoms with E-state index >= 15 is 0 Å². The van der Waals surface area contributed by atoms with E-state index in [0.29, 0.717) is 31.4 Å². The van der Waals surface area contributed by atoms with Gasteiger partial charge in [0.1, 0.15) is 0 Å². The van der Waals surface area contributed by atoms with E-state index in [9.17, 15) is 44.4 Å². The molecular weight excluding hydrogens is 879 g/mol. The van der Waals surface area contributed by atoms with Crippen molar-refractivity contribution >= 4 is 46.9 Å². The first-order valence-electron chi connectivity index (χ1n) is 17.6. The number of amides is 1. The summed E-state index contributed by atoms with van der Waals surface area (Å²) in [6.07, 6.45) is 1.50. The molecule has 1 aliphatic heterocycles. The van der Waals surface area contributed by atoms with Crippen molar-refractivity contribution in [2.24, 2.45) is 0 Å². The SMILES string of the molecule is CN(C)CCNC(=O)c1ccc(CC(=S)Cc2ccc(CC3CN(CC(=O)O)CCN(CC(=O)O)CCN(CC(=O)O)CCN3CC(=O)O)cc2)cc1.[Lu]. The molecule has 1 saturated heterocycles. The number of likely N-dealkylation sites (N-methyl/N-ethyl adjacent to an activating group) is 1. The van der Waals surface area contributed by atoms with Crippen molar-refractivity contribution in [1.82, 2.24) is 29.8 Å². The Morgan fingerprint density at radius 3 is 1.57 bits per heavy atom. The van der Waals surface area contributed by atoms with Crippen LogP contribution in [-0.2, 0) is 38.4 Å². The summed E-state index contributed by atoms with van der Waals surface area (Å²) in [7, 11) is 3.89. The summed E-state index contributed by atoms with van der Waals surface area (Å²) >= 11 is 5.71. The maximum absolute atomic E-state index is 12.4. The van der Waals surface area contributed by atoms with E-state index in [4.69, 9.17) is 12.2 Å². The van der Waals surface area contributed by atoms with Gasteiger partial charge in [0, 0.05) is 125 Å². The number of hydrogen-bond acceptors (Lipinski definition) is 11. The quantitative estimate of drug-likeness (QED) is 0.131. The Morgan fingerprint density at radius 2 is 1.09 bits per heavy atom. The molecule has 1 unspecified atom stereocenters. The molecule has 15 nitrogen and oxygen atoms in total. The fourth-order valence-electron chi connectivity index (χ4n) is 6.21. The zero-order valence-electron chi connectivity index (χ0n) is 30.7. The van der Waals surface area contributed by atoms with Crippen LogP contribution < -0.4 is 5.32 Å². The molecule has 1 atom stereocenters. The van der Waals surface area contributed by atoms with E-state index in [2.05, 4.69) is 5.32 Å². The number of carbonyl (C=O) groups is 5. The van der Waals surface area contributed by atoms with Crippen molar-refractivity contribution in [2.75, 3.05) is 99.2 Å². The number of nitrogens with zero attached hydrogens (tertiary/aromatic N) is 5. The van der Waals surface area contributed by atoms with Gasteiger partial charge in [-0.2, -0.15) is 0 Å². The fourth-order valence-corrected chi connectivity index (χ4v) is 6.54. The zero-order valence-corrected chi connectivity index (χ0v) is 33.2. The number of carbonyl (C=O) groups excluding carboxylic acids is 1. The minimum Gasteiger partial charge on any atom is -0.480 e. The van der Waals surface area contributed by atoms with Gasteiger partial charge in [0.2, 0.25) is 0 Å². The first-order valence-corrected chi connectivity index (χ1v) is 18.0. The Hall–Kier alpha value is -3.09. The van der Waals surface area contributed by atoms with Crippen molar-refractivity contribution < 1.29 is 81.3 Å². The normalized spacial score (nSPS) is 16.8. The molecule has 0 aliphatic carbocycles. The molecule has 17 heteroatoms. The summed E-state index contributed by atoms with van der Waals surface area (Å²) in [6, 6.07) is 14.8. The minimum atomic E-state index is -1.06. The number of rotatable bonds is 18. The van der Waals surface area contributed by atoms with Crippen molar-refractivity contribution in [3.8, 4) is 0 Å². The van der Waals surface area contributed by atoms with Crippen LogP contribution >= 0.6 is 12.2 Å². The molecule has 0 aromatic heterocycles. The summed E-state index contributed by atoms with van der Waals surface area (Å²) in [5.41, 5.74) is 3.47. The van der Waals surface area contributed by atoms with Gasteiger partial charge in [0.05, 0.1) is 26.2 Å². The summed E-state index contributed by atoms with van der Waals surface area (Å²) < 4.78 is 0. The Morgan fingerprint density at radius 1 is 0.667 bits per heavy atom. The van der Waals surface area contributed by atoms with Gasteiger partial charge in [-0.05, 0) is 49.3 Å². The summed E-state index contributed by atoms with van der Waals surface area (Å²) in [6.45, 7) is 1.67. The second kappa shape index (κ2) is 24.4. The van der Waals surface area contributed by atoms with Crippen molar-refractivity contribution in [2.45, 2.75) is 25.3 Å². The molecule has 1 fully saturated rings. The molecule has 2 aromatic rings. The minimum absolute atomic E-state index is 0. The van der Waals surface area contributed by atoms with Gasteiger partial charge in [0.25, 0.3) is 5.91 Å². The standard InChI is InChI=1S/C37H52N6O9S.Lu/c1-39(2)12-11-38-37(52)30-9-7-29(8-10-30)21-32(53)20-28-5-3-27(4-6-28)19-31-22-42(25-35(48)49)16-15-40(23-33(44)45)13-14-41(24-34(46)47)17-18-43(31)26-36(50)51;/h3-10,31H,11-26H2,1-2H3,(H,38,52)(H,44,45)(H,46,47)(H,48,49)(H,50,51);. The number of benzene rings is 2. The van der Waals surface area contributed by atoms with Crippen molar-refractivity contribution in [3.05, 3.63) is 70.8 Å². The van der Waals surface area contributed by atoms with Crippen LogP contribution in [-0.4, -0.2) is 185 Å². The van der Waals surface area contributed by atoms with E-state index in [1.165, 1.54) is 0 Å². The number of thiocarbonyl (C=S) groups is 1. The van der Waals surface area contributed by atoms with Crippen LogP contribution in [0.2, 0.25) is 0 Å². The molecule has 1 radical (unpaired) electrons. The summed E-state index contributed by atoms with van der Waals surface area (Å²) in [4.78, 5) is 69.1. The van der Waals surface area contributed by atoms with Gasteiger partial charge in [-0.15, -0.1) is 0 Å². The average molecular weight is 932 g/mol. The number of nitrogens with one attached hydrogen (secondary N) is 1. The maximum Gasteiger partial charge on any atom is 0.317 e. The number of hydrogen-bond donors (Lipinski definition) is 5. The molecule has 2 aromatic carbocycles. The smallest absolute Gasteiger partial charge is 0.317 e. The van der Waals surface area contributed by atoms with Crippen LogP contribution in [0.1, 0.15) is 27.0 Å². The number of carboxylic acid groups (broad SMARTS) is 4. The molecule has 305 valence electrons. The molecule has 0 bridgehead atoms. The van der Waals surface area contributed by atoms with Gasteiger partial charge in [-0.1, -0.05) is 48.6 Å². The van der Waals surface area contributed by atoms with Gasteiger partial charge in [-0.3, -0.25) is 43.6 Å². The van der Waals surface area contributed by atoms with Crippen LogP contribution in [0.3, 0.4) is 0 Å². The van der Waals surface area contributed by atoms with Crippen molar-refractivity contribution in [3.63, 3.8) is 0 Å². The van der Waals surface area contributed by atoms with E-state index in [0.717, 1.165) is 28.1 Å². The van der Waals surface area contributed by atoms with Crippen molar-refractivity contribution in [1.29, 1.82) is 0 Å². The van der Waals surface area contributed by atoms with Gasteiger partial charge in [-0.25, -0.2) is 0 Å². The maximum atomic E-state index is 12.4. The van der Waals surface area contributed by atoms with Crippen LogP contribution in [0.25, 0.3) is 0 Å². The third-order valence-corrected chi connectivity index (χ3v) is 9.21. The van der Waals surface area contributed by atoms with E-state index < -0.39 is 29.9 Å². The van der Waals surface area contributed by atoms with Crippen LogP contribution in [0, 0.1) is 36.9 Å². The second-order valence-electron chi connectivity index (χ2n) is 13.7. The summed E-state index contributed by atoms with van der Waals surface area (Å²) in [5.74, 6) is -4.35. The van der Waals surface area contributed by atoms with Crippen LogP contribution in [0.4, 0.5) is 0 Å². The predicted octanol–water partition coefficient (Wildman–Crippen LogP) is 0.604. The molecule has 0 spiro atoms. The molecular formula is C37H52LuN6O9S. The molecule has 1 aliphatic rings. The largest absolute Gasteiger partial charge is 0.480 e.